The van der Waals surface area contributed by atoms with Crippen LogP contribution >= 0.6 is 0 Å². The zero-order valence-electron chi connectivity index (χ0n) is 11.3. The first kappa shape index (κ1) is 13.7. The van der Waals surface area contributed by atoms with Crippen molar-refractivity contribution in [3.8, 4) is 0 Å². The topological polar surface area (TPSA) is 15.3 Å². The molecule has 0 aromatic rings. The third-order valence-electron chi connectivity index (χ3n) is 4.32. The Morgan fingerprint density at radius 1 is 1.44 bits per heavy atom. The van der Waals surface area contributed by atoms with Crippen LogP contribution in [0.5, 0.6) is 0 Å². The molecule has 2 heteroatoms. The SMILES string of the molecule is C=CCNCC(C)N1CCC(CC)(CC)C1. The Kier molecular flexibility index (Phi) is 5.50. The molecule has 1 heterocycles. The summed E-state index contributed by atoms with van der Waals surface area (Å²) in [4.78, 5) is 2.64. The maximum Gasteiger partial charge on any atom is 0.0192 e. The molecule has 0 spiro atoms. The van der Waals surface area contributed by atoms with Crippen molar-refractivity contribution in [2.75, 3.05) is 26.2 Å². The Morgan fingerprint density at radius 2 is 2.12 bits per heavy atom. The Labute approximate surface area is 101 Å². The molecular formula is C14H28N2. The number of hydrogen-bond donors (Lipinski definition) is 1. The van der Waals surface area contributed by atoms with Crippen molar-refractivity contribution in [2.24, 2.45) is 5.41 Å². The van der Waals surface area contributed by atoms with Gasteiger partial charge in [0.25, 0.3) is 0 Å². The second-order valence-electron chi connectivity index (χ2n) is 5.22. The molecular weight excluding hydrogens is 196 g/mol. The largest absolute Gasteiger partial charge is 0.312 e. The lowest BCUT2D eigenvalue weighted by Gasteiger charge is -2.29. The molecule has 1 atom stereocenters. The van der Waals surface area contributed by atoms with Crippen LogP contribution in [0, 0.1) is 5.41 Å². The van der Waals surface area contributed by atoms with E-state index < -0.39 is 0 Å². The minimum Gasteiger partial charge on any atom is -0.312 e. The fraction of sp³-hybridized carbons (Fsp3) is 0.857. The molecule has 0 saturated carbocycles. The molecule has 1 unspecified atom stereocenters. The maximum absolute atomic E-state index is 3.73. The summed E-state index contributed by atoms with van der Waals surface area (Å²) in [7, 11) is 0. The highest BCUT2D eigenvalue weighted by molar-refractivity contribution is 4.90. The maximum atomic E-state index is 3.73. The highest BCUT2D eigenvalue weighted by Gasteiger charge is 2.36. The molecule has 0 amide bonds. The Hall–Kier alpha value is -0.340. The molecule has 94 valence electrons. The van der Waals surface area contributed by atoms with Crippen LogP contribution < -0.4 is 5.32 Å². The molecule has 1 rings (SSSR count). The predicted molar refractivity (Wildman–Crippen MR) is 71.7 cm³/mol. The van der Waals surface area contributed by atoms with Gasteiger partial charge in [0.15, 0.2) is 0 Å². The fourth-order valence-corrected chi connectivity index (χ4v) is 2.70. The van der Waals surface area contributed by atoms with Gasteiger partial charge >= 0.3 is 0 Å². The summed E-state index contributed by atoms with van der Waals surface area (Å²) in [6.45, 7) is 15.3. The zero-order chi connectivity index (χ0) is 12.0. The first-order chi connectivity index (χ1) is 7.67. The molecule has 1 aliphatic heterocycles. The predicted octanol–water partition coefficient (Wildman–Crippen LogP) is 2.66. The average Bonchev–Trinajstić information content (AvgIpc) is 2.74. The summed E-state index contributed by atoms with van der Waals surface area (Å²) < 4.78 is 0. The van der Waals surface area contributed by atoms with E-state index in [0.717, 1.165) is 13.1 Å². The van der Waals surface area contributed by atoms with Crippen molar-refractivity contribution in [3.05, 3.63) is 12.7 Å². The lowest BCUT2D eigenvalue weighted by atomic mass is 9.82. The zero-order valence-corrected chi connectivity index (χ0v) is 11.3. The van der Waals surface area contributed by atoms with E-state index in [0.29, 0.717) is 11.5 Å². The van der Waals surface area contributed by atoms with E-state index in [1.807, 2.05) is 6.08 Å². The summed E-state index contributed by atoms with van der Waals surface area (Å²) in [5, 5.41) is 3.42. The molecule has 2 nitrogen and oxygen atoms in total. The van der Waals surface area contributed by atoms with Crippen molar-refractivity contribution in [2.45, 2.75) is 46.1 Å². The number of rotatable bonds is 7. The van der Waals surface area contributed by atoms with Crippen molar-refractivity contribution in [3.63, 3.8) is 0 Å². The highest BCUT2D eigenvalue weighted by Crippen LogP contribution is 2.37. The number of hydrogen-bond acceptors (Lipinski definition) is 2. The molecule has 0 bridgehead atoms. The van der Waals surface area contributed by atoms with Crippen LogP contribution in [0.2, 0.25) is 0 Å². The van der Waals surface area contributed by atoms with Crippen molar-refractivity contribution in [1.29, 1.82) is 0 Å². The lowest BCUT2D eigenvalue weighted by Crippen LogP contribution is -2.40. The molecule has 16 heavy (non-hydrogen) atoms. The van der Waals surface area contributed by atoms with Crippen LogP contribution in [0.4, 0.5) is 0 Å². The Bertz CT molecular complexity index is 209. The van der Waals surface area contributed by atoms with Gasteiger partial charge in [-0.2, -0.15) is 0 Å². The van der Waals surface area contributed by atoms with Gasteiger partial charge in [0.05, 0.1) is 0 Å². The van der Waals surface area contributed by atoms with Gasteiger partial charge in [-0.25, -0.2) is 0 Å². The number of likely N-dealkylation sites (tertiary alicyclic amines) is 1. The van der Waals surface area contributed by atoms with Gasteiger partial charge < -0.3 is 5.32 Å². The second kappa shape index (κ2) is 6.41. The van der Waals surface area contributed by atoms with Gasteiger partial charge in [-0.15, -0.1) is 6.58 Å². The van der Waals surface area contributed by atoms with E-state index in [9.17, 15) is 0 Å². The molecule has 1 aliphatic rings. The van der Waals surface area contributed by atoms with E-state index in [1.54, 1.807) is 0 Å². The highest BCUT2D eigenvalue weighted by atomic mass is 15.2. The quantitative estimate of drug-likeness (QED) is 0.528. The summed E-state index contributed by atoms with van der Waals surface area (Å²) in [5.41, 5.74) is 0.604. The van der Waals surface area contributed by atoms with Gasteiger partial charge in [-0.1, -0.05) is 19.9 Å². The summed E-state index contributed by atoms with van der Waals surface area (Å²) >= 11 is 0. The van der Waals surface area contributed by atoms with Crippen LogP contribution in [0.3, 0.4) is 0 Å². The molecule has 0 aromatic carbocycles. The number of nitrogens with one attached hydrogen (secondary N) is 1. The molecule has 1 N–H and O–H groups in total. The second-order valence-corrected chi connectivity index (χ2v) is 5.22. The molecule has 0 radical (unpaired) electrons. The Morgan fingerprint density at radius 3 is 2.62 bits per heavy atom. The monoisotopic (exact) mass is 224 g/mol. The average molecular weight is 224 g/mol. The van der Waals surface area contributed by atoms with Crippen molar-refractivity contribution >= 4 is 0 Å². The normalized spacial score (nSPS) is 22.2. The van der Waals surface area contributed by atoms with Gasteiger partial charge in [0.1, 0.15) is 0 Å². The smallest absolute Gasteiger partial charge is 0.0192 e. The summed E-state index contributed by atoms with van der Waals surface area (Å²) in [6, 6.07) is 0.653. The van der Waals surface area contributed by atoms with E-state index in [-0.39, 0.29) is 0 Å². The van der Waals surface area contributed by atoms with Gasteiger partial charge in [-0.05, 0) is 38.1 Å². The lowest BCUT2D eigenvalue weighted by molar-refractivity contribution is 0.200. The third kappa shape index (κ3) is 3.33. The molecule has 1 saturated heterocycles. The van der Waals surface area contributed by atoms with Crippen LogP contribution in [0.15, 0.2) is 12.7 Å². The standard InChI is InChI=1S/C14H28N2/c1-5-9-15-11-13(4)16-10-8-14(6-2,7-3)12-16/h5,13,15H,1,6-12H2,2-4H3. The fourth-order valence-electron chi connectivity index (χ4n) is 2.70. The van der Waals surface area contributed by atoms with E-state index in [2.05, 4.69) is 37.6 Å². The van der Waals surface area contributed by atoms with E-state index in [4.69, 9.17) is 0 Å². The number of nitrogens with zero attached hydrogens (tertiary/aromatic N) is 1. The third-order valence-corrected chi connectivity index (χ3v) is 4.32. The first-order valence-electron chi connectivity index (χ1n) is 6.73. The minimum absolute atomic E-state index is 0.604. The van der Waals surface area contributed by atoms with E-state index in [1.165, 1.54) is 32.4 Å². The van der Waals surface area contributed by atoms with Crippen molar-refractivity contribution in [1.82, 2.24) is 10.2 Å². The van der Waals surface area contributed by atoms with Gasteiger partial charge in [-0.3, -0.25) is 4.90 Å². The molecule has 0 aliphatic carbocycles. The molecule has 0 aromatic heterocycles. The Balaban J connectivity index is 2.36. The van der Waals surface area contributed by atoms with Crippen LogP contribution in [-0.4, -0.2) is 37.1 Å². The molecule has 1 fully saturated rings. The van der Waals surface area contributed by atoms with Gasteiger partial charge in [0.2, 0.25) is 0 Å². The van der Waals surface area contributed by atoms with Crippen LogP contribution in [-0.2, 0) is 0 Å². The first-order valence-corrected chi connectivity index (χ1v) is 6.73. The van der Waals surface area contributed by atoms with E-state index >= 15 is 0 Å². The summed E-state index contributed by atoms with van der Waals surface area (Å²) in [6.07, 6.45) is 5.96. The van der Waals surface area contributed by atoms with Crippen molar-refractivity contribution < 1.29 is 0 Å². The summed E-state index contributed by atoms with van der Waals surface area (Å²) in [5.74, 6) is 0. The van der Waals surface area contributed by atoms with Gasteiger partial charge in [0, 0.05) is 25.7 Å². The van der Waals surface area contributed by atoms with Crippen LogP contribution in [0.25, 0.3) is 0 Å². The van der Waals surface area contributed by atoms with Crippen LogP contribution in [0.1, 0.15) is 40.0 Å². The minimum atomic E-state index is 0.604.